The third-order valence-electron chi connectivity index (χ3n) is 5.34. The summed E-state index contributed by atoms with van der Waals surface area (Å²) in [4.78, 5) is 33.7. The number of para-hydroxylation sites is 2. The Hall–Kier alpha value is -4.72. The second-order valence-electron chi connectivity index (χ2n) is 7.76. The number of amides is 2. The van der Waals surface area contributed by atoms with E-state index in [-0.39, 0.29) is 11.6 Å². The second-order valence-corrected chi connectivity index (χ2v) is 7.76. The Bertz CT molecular complexity index is 1500. The summed E-state index contributed by atoms with van der Waals surface area (Å²) >= 11 is 0. The maximum Gasteiger partial charge on any atom is 0.280 e. The van der Waals surface area contributed by atoms with E-state index in [0.717, 1.165) is 16.6 Å². The summed E-state index contributed by atoms with van der Waals surface area (Å²) in [6.07, 6.45) is 0. The molecule has 0 atom stereocenters. The molecule has 5 aromatic rings. The Kier molecular flexibility index (Phi) is 5.39. The number of aryl methyl sites for hydroxylation is 1. The third-order valence-corrected chi connectivity index (χ3v) is 5.34. The number of nitrogens with one attached hydrogen (secondary N) is 2. The van der Waals surface area contributed by atoms with Gasteiger partial charge in [0, 0.05) is 30.8 Å². The van der Waals surface area contributed by atoms with Gasteiger partial charge in [-0.05, 0) is 48.5 Å². The predicted molar refractivity (Wildman–Crippen MR) is 130 cm³/mol. The molecule has 0 aliphatic rings. The van der Waals surface area contributed by atoms with Crippen LogP contribution in [-0.4, -0.2) is 26.3 Å². The molecule has 0 spiro atoms. The van der Waals surface area contributed by atoms with Crippen molar-refractivity contribution in [2.24, 2.45) is 7.05 Å². The molecule has 0 radical (unpaired) electrons. The Morgan fingerprint density at radius 3 is 2.24 bits per heavy atom. The van der Waals surface area contributed by atoms with Gasteiger partial charge in [-0.2, -0.15) is 0 Å². The van der Waals surface area contributed by atoms with Crippen molar-refractivity contribution in [3.8, 4) is 22.8 Å². The highest BCUT2D eigenvalue weighted by Crippen LogP contribution is 2.31. The molecule has 2 amide bonds. The quantitative estimate of drug-likeness (QED) is 0.387. The lowest BCUT2D eigenvalue weighted by Gasteiger charge is -2.06. The smallest absolute Gasteiger partial charge is 0.280 e. The molecule has 0 saturated carbocycles. The van der Waals surface area contributed by atoms with Crippen molar-refractivity contribution >= 4 is 34.5 Å². The molecule has 34 heavy (non-hydrogen) atoms. The first-order valence-corrected chi connectivity index (χ1v) is 10.7. The topological polar surface area (TPSA) is 102 Å². The van der Waals surface area contributed by atoms with E-state index >= 15 is 0 Å². The average molecular weight is 451 g/mol. The first-order chi connectivity index (χ1) is 16.5. The number of anilines is 2. The summed E-state index contributed by atoms with van der Waals surface area (Å²) in [6.45, 7) is 1.44. The number of hydrogen-bond acceptors (Lipinski definition) is 5. The highest BCUT2D eigenvalue weighted by atomic mass is 16.4. The lowest BCUT2D eigenvalue weighted by Crippen LogP contribution is -2.16. The number of rotatable bonds is 5. The summed E-state index contributed by atoms with van der Waals surface area (Å²) in [6, 6.07) is 24.0. The largest absolute Gasteiger partial charge is 0.435 e. The van der Waals surface area contributed by atoms with Crippen LogP contribution in [0.25, 0.3) is 33.8 Å². The summed E-state index contributed by atoms with van der Waals surface area (Å²) in [5, 5.41) is 5.59. The van der Waals surface area contributed by atoms with Crippen LogP contribution in [0.3, 0.4) is 0 Å². The molecule has 0 unspecified atom stereocenters. The third kappa shape index (κ3) is 4.04. The zero-order valence-electron chi connectivity index (χ0n) is 18.6. The number of oxazole rings is 1. The fourth-order valence-electron chi connectivity index (χ4n) is 3.70. The van der Waals surface area contributed by atoms with Crippen molar-refractivity contribution in [2.75, 3.05) is 10.6 Å². The summed E-state index contributed by atoms with van der Waals surface area (Å²) in [7, 11) is 1.84. The van der Waals surface area contributed by atoms with Gasteiger partial charge in [-0.15, -0.1) is 0 Å². The van der Waals surface area contributed by atoms with E-state index < -0.39 is 5.91 Å². The molecule has 8 heteroatoms. The van der Waals surface area contributed by atoms with E-state index in [1.165, 1.54) is 6.92 Å². The van der Waals surface area contributed by atoms with E-state index in [1.807, 2.05) is 66.2 Å². The summed E-state index contributed by atoms with van der Waals surface area (Å²) in [5.74, 6) is 0.454. The van der Waals surface area contributed by atoms with Crippen LogP contribution in [0.15, 0.2) is 83.3 Å². The van der Waals surface area contributed by atoms with Crippen molar-refractivity contribution in [3.63, 3.8) is 0 Å². The molecule has 2 N–H and O–H groups in total. The van der Waals surface area contributed by atoms with Gasteiger partial charge in [0.1, 0.15) is 0 Å². The number of carbonyl (C=O) groups is 2. The maximum absolute atomic E-state index is 13.4. The van der Waals surface area contributed by atoms with Gasteiger partial charge in [-0.1, -0.05) is 30.3 Å². The lowest BCUT2D eigenvalue weighted by atomic mass is 10.1. The average Bonchev–Trinajstić information content (AvgIpc) is 3.42. The van der Waals surface area contributed by atoms with Gasteiger partial charge in [0.15, 0.2) is 11.5 Å². The Morgan fingerprint density at radius 1 is 0.824 bits per heavy atom. The molecular formula is C26H21N5O3. The highest BCUT2D eigenvalue weighted by molar-refractivity contribution is 6.06. The minimum Gasteiger partial charge on any atom is -0.435 e. The van der Waals surface area contributed by atoms with Gasteiger partial charge >= 0.3 is 0 Å². The summed E-state index contributed by atoms with van der Waals surface area (Å²) < 4.78 is 7.88. The molecular weight excluding hydrogens is 430 g/mol. The fraction of sp³-hybridized carbons (Fsp3) is 0.0769. The summed E-state index contributed by atoms with van der Waals surface area (Å²) in [5.41, 5.74) is 3.86. The van der Waals surface area contributed by atoms with Crippen LogP contribution in [-0.2, 0) is 11.8 Å². The molecule has 168 valence electrons. The van der Waals surface area contributed by atoms with Crippen molar-refractivity contribution in [3.05, 3.63) is 84.6 Å². The number of aromatic nitrogens is 3. The van der Waals surface area contributed by atoms with Crippen molar-refractivity contribution < 1.29 is 14.0 Å². The van der Waals surface area contributed by atoms with Gasteiger partial charge in [-0.25, -0.2) is 9.97 Å². The first kappa shape index (κ1) is 21.1. The Morgan fingerprint density at radius 2 is 1.53 bits per heavy atom. The van der Waals surface area contributed by atoms with E-state index in [4.69, 9.17) is 4.42 Å². The Balaban J connectivity index is 1.54. The number of imidazole rings is 1. The predicted octanol–water partition coefficient (Wildman–Crippen LogP) is 5.11. The molecule has 0 aliphatic carbocycles. The van der Waals surface area contributed by atoms with Crippen LogP contribution in [0.5, 0.6) is 0 Å². The molecule has 0 aliphatic heterocycles. The molecule has 5 rings (SSSR count). The molecule has 0 fully saturated rings. The second kappa shape index (κ2) is 8.67. The highest BCUT2D eigenvalue weighted by Gasteiger charge is 2.24. The van der Waals surface area contributed by atoms with Gasteiger partial charge in [-0.3, -0.25) is 14.9 Å². The molecule has 0 bridgehead atoms. The molecule has 3 aromatic carbocycles. The van der Waals surface area contributed by atoms with Gasteiger partial charge < -0.3 is 14.3 Å². The maximum atomic E-state index is 13.4. The zero-order chi connectivity index (χ0) is 23.7. The minimum absolute atomic E-state index is 0.137. The van der Waals surface area contributed by atoms with Crippen LogP contribution in [0.2, 0.25) is 0 Å². The minimum atomic E-state index is -0.440. The van der Waals surface area contributed by atoms with Crippen molar-refractivity contribution in [1.82, 2.24) is 14.5 Å². The fourth-order valence-corrected chi connectivity index (χ4v) is 3.70. The molecule has 0 saturated heterocycles. The number of fused-ring (bicyclic) bond motifs is 1. The van der Waals surface area contributed by atoms with E-state index in [9.17, 15) is 9.59 Å². The number of benzene rings is 3. The number of nitrogens with zero attached hydrogens (tertiary/aromatic N) is 3. The van der Waals surface area contributed by atoms with Crippen LogP contribution in [0, 0.1) is 0 Å². The molecule has 2 aromatic heterocycles. The SMILES string of the molecule is CC(=O)Nc1ccc(-c2oc(-c3ccccc3)nc2C(=O)Nc2nc3ccccc3n2C)cc1. The normalized spacial score (nSPS) is 10.9. The van der Waals surface area contributed by atoms with Crippen LogP contribution in [0.4, 0.5) is 11.6 Å². The Labute approximate surface area is 195 Å². The van der Waals surface area contributed by atoms with Gasteiger partial charge in [0.2, 0.25) is 17.7 Å². The van der Waals surface area contributed by atoms with E-state index in [2.05, 4.69) is 20.6 Å². The number of carbonyl (C=O) groups excluding carboxylic acids is 2. The van der Waals surface area contributed by atoms with Crippen LogP contribution < -0.4 is 10.6 Å². The van der Waals surface area contributed by atoms with E-state index in [0.29, 0.717) is 28.9 Å². The van der Waals surface area contributed by atoms with E-state index in [1.54, 1.807) is 24.3 Å². The van der Waals surface area contributed by atoms with Gasteiger partial charge in [0.25, 0.3) is 5.91 Å². The van der Waals surface area contributed by atoms with Gasteiger partial charge in [0.05, 0.1) is 11.0 Å². The monoisotopic (exact) mass is 451 g/mol. The lowest BCUT2D eigenvalue weighted by molar-refractivity contribution is -0.114. The standard InChI is InChI=1S/C26H21N5O3/c1-16(32)27-19-14-12-17(13-15-19)23-22(29-25(34-23)18-8-4-3-5-9-18)24(33)30-26-28-20-10-6-7-11-21(20)31(26)2/h3-15H,1-2H3,(H,27,32)(H,28,30,33). The zero-order valence-corrected chi connectivity index (χ0v) is 18.6. The van der Waals surface area contributed by atoms with Crippen LogP contribution >= 0.6 is 0 Å². The van der Waals surface area contributed by atoms with Crippen molar-refractivity contribution in [1.29, 1.82) is 0 Å². The van der Waals surface area contributed by atoms with Crippen LogP contribution in [0.1, 0.15) is 17.4 Å². The van der Waals surface area contributed by atoms with Crippen molar-refractivity contribution in [2.45, 2.75) is 6.92 Å². The molecule has 8 nitrogen and oxygen atoms in total. The molecule has 2 heterocycles. The first-order valence-electron chi connectivity index (χ1n) is 10.7. The number of hydrogen-bond donors (Lipinski definition) is 2.